The van der Waals surface area contributed by atoms with Crippen LogP contribution in [0.3, 0.4) is 0 Å². The van der Waals surface area contributed by atoms with Crippen molar-refractivity contribution in [3.63, 3.8) is 0 Å². The normalized spacial score (nSPS) is 12.2. The van der Waals surface area contributed by atoms with E-state index in [9.17, 15) is 9.59 Å². The molecule has 0 atom stereocenters. The van der Waals surface area contributed by atoms with Crippen LogP contribution in [0.1, 0.15) is 23.0 Å². The number of nitrogens with zero attached hydrogens (tertiary/aromatic N) is 2. The van der Waals surface area contributed by atoms with E-state index in [0.717, 1.165) is 16.6 Å². The third-order valence-electron chi connectivity index (χ3n) is 4.33. The predicted molar refractivity (Wildman–Crippen MR) is 103 cm³/mol. The van der Waals surface area contributed by atoms with E-state index < -0.39 is 5.91 Å². The number of fused-ring (bicyclic) bond motifs is 2. The fraction of sp³-hybridized carbons (Fsp3) is 0.150. The highest BCUT2D eigenvalue weighted by atomic mass is 32.1. The Bertz CT molecular complexity index is 1280. The van der Waals surface area contributed by atoms with Crippen molar-refractivity contribution in [2.24, 2.45) is 12.0 Å². The first kappa shape index (κ1) is 16.5. The Morgan fingerprint density at radius 3 is 2.81 bits per heavy atom. The monoisotopic (exact) mass is 364 g/mol. The van der Waals surface area contributed by atoms with Crippen molar-refractivity contribution in [3.05, 3.63) is 74.9 Å². The first-order chi connectivity index (χ1) is 12.6. The molecule has 4 rings (SSSR count). The molecule has 1 amide bonds. The van der Waals surface area contributed by atoms with E-state index >= 15 is 0 Å². The number of hydrogen-bond donors (Lipinski definition) is 0. The standard InChI is InChI=1S/C20H16N2O3S/c1-3-12-7-6-10-17-18(12)22(2)20(26-17)21-19(24)16-11-14(23)13-8-4-5-9-15(13)25-16/h4-11H,3H2,1-2H3. The van der Waals surface area contributed by atoms with Crippen molar-refractivity contribution in [1.29, 1.82) is 0 Å². The molecule has 2 heterocycles. The molecule has 0 aliphatic rings. The Hall–Kier alpha value is -2.99. The summed E-state index contributed by atoms with van der Waals surface area (Å²) in [5.74, 6) is -0.616. The Kier molecular flexibility index (Phi) is 4.05. The molecule has 0 unspecified atom stereocenters. The van der Waals surface area contributed by atoms with Gasteiger partial charge < -0.3 is 8.98 Å². The zero-order valence-electron chi connectivity index (χ0n) is 14.4. The topological polar surface area (TPSA) is 64.6 Å². The van der Waals surface area contributed by atoms with Gasteiger partial charge in [0.05, 0.1) is 15.6 Å². The average molecular weight is 364 g/mol. The number of aryl methyl sites for hydroxylation is 2. The zero-order chi connectivity index (χ0) is 18.3. The number of hydrogen-bond acceptors (Lipinski definition) is 4. The van der Waals surface area contributed by atoms with E-state index in [1.807, 2.05) is 23.7 Å². The van der Waals surface area contributed by atoms with Gasteiger partial charge in [-0.2, -0.15) is 4.99 Å². The van der Waals surface area contributed by atoms with Crippen LogP contribution in [0.2, 0.25) is 0 Å². The van der Waals surface area contributed by atoms with Gasteiger partial charge in [0, 0.05) is 13.1 Å². The summed E-state index contributed by atoms with van der Waals surface area (Å²) in [6, 6.07) is 14.2. The molecule has 6 heteroatoms. The lowest BCUT2D eigenvalue weighted by molar-refractivity contribution is 0.0972. The van der Waals surface area contributed by atoms with E-state index in [1.54, 1.807) is 24.3 Å². The molecule has 2 aromatic heterocycles. The number of carbonyl (C=O) groups is 1. The second-order valence-corrected chi connectivity index (χ2v) is 6.96. The molecule has 130 valence electrons. The van der Waals surface area contributed by atoms with Crippen molar-refractivity contribution < 1.29 is 9.21 Å². The third-order valence-corrected chi connectivity index (χ3v) is 5.43. The summed E-state index contributed by atoms with van der Waals surface area (Å²) in [4.78, 5) is 29.5. The van der Waals surface area contributed by atoms with Crippen LogP contribution in [0, 0.1) is 0 Å². The summed E-state index contributed by atoms with van der Waals surface area (Å²) in [6.07, 6.45) is 0.898. The molecule has 0 N–H and O–H groups in total. The number of para-hydroxylation sites is 2. The van der Waals surface area contributed by atoms with Gasteiger partial charge in [0.2, 0.25) is 0 Å². The summed E-state index contributed by atoms with van der Waals surface area (Å²) >= 11 is 1.44. The van der Waals surface area contributed by atoms with Crippen molar-refractivity contribution in [1.82, 2.24) is 4.57 Å². The van der Waals surface area contributed by atoms with Crippen LogP contribution in [0.25, 0.3) is 21.2 Å². The highest BCUT2D eigenvalue weighted by Crippen LogP contribution is 2.21. The van der Waals surface area contributed by atoms with Gasteiger partial charge in [-0.15, -0.1) is 0 Å². The smallest absolute Gasteiger partial charge is 0.315 e. The van der Waals surface area contributed by atoms with Gasteiger partial charge >= 0.3 is 5.91 Å². The van der Waals surface area contributed by atoms with Gasteiger partial charge in [0.1, 0.15) is 5.58 Å². The summed E-state index contributed by atoms with van der Waals surface area (Å²) in [5.41, 5.74) is 2.41. The highest BCUT2D eigenvalue weighted by molar-refractivity contribution is 7.16. The van der Waals surface area contributed by atoms with Gasteiger partial charge in [-0.3, -0.25) is 9.59 Å². The zero-order valence-corrected chi connectivity index (χ0v) is 15.2. The summed E-state index contributed by atoms with van der Waals surface area (Å²) < 4.78 is 8.57. The summed E-state index contributed by atoms with van der Waals surface area (Å²) in [6.45, 7) is 2.10. The van der Waals surface area contributed by atoms with Crippen LogP contribution in [0.5, 0.6) is 0 Å². The molecule has 2 aromatic carbocycles. The van der Waals surface area contributed by atoms with Gasteiger partial charge in [0.25, 0.3) is 0 Å². The van der Waals surface area contributed by atoms with Crippen molar-refractivity contribution >= 4 is 38.4 Å². The maximum atomic E-state index is 12.6. The molecule has 0 fully saturated rings. The highest BCUT2D eigenvalue weighted by Gasteiger charge is 2.13. The Balaban J connectivity index is 1.87. The van der Waals surface area contributed by atoms with Crippen LogP contribution in [0.15, 0.2) is 62.7 Å². The first-order valence-corrected chi connectivity index (χ1v) is 9.09. The van der Waals surface area contributed by atoms with Crippen LogP contribution in [-0.2, 0) is 13.5 Å². The van der Waals surface area contributed by atoms with Gasteiger partial charge in [-0.25, -0.2) is 0 Å². The Labute approximate surface area is 152 Å². The summed E-state index contributed by atoms with van der Waals surface area (Å²) in [7, 11) is 1.89. The first-order valence-electron chi connectivity index (χ1n) is 8.28. The summed E-state index contributed by atoms with van der Waals surface area (Å²) in [5, 5.41) is 0.448. The van der Waals surface area contributed by atoms with Crippen molar-refractivity contribution in [2.75, 3.05) is 0 Å². The largest absolute Gasteiger partial charge is 0.451 e. The molecule has 0 bridgehead atoms. The maximum Gasteiger partial charge on any atom is 0.315 e. The Morgan fingerprint density at radius 1 is 1.19 bits per heavy atom. The van der Waals surface area contributed by atoms with Crippen molar-refractivity contribution in [2.45, 2.75) is 13.3 Å². The molecule has 0 spiro atoms. The molecule has 0 radical (unpaired) electrons. The molecule has 0 saturated carbocycles. The fourth-order valence-corrected chi connectivity index (χ4v) is 4.09. The van der Waals surface area contributed by atoms with Crippen LogP contribution >= 0.6 is 11.3 Å². The minimum atomic E-state index is -0.562. The number of aromatic nitrogens is 1. The number of carbonyl (C=O) groups excluding carboxylic acids is 1. The fourth-order valence-electron chi connectivity index (χ4n) is 3.03. The van der Waals surface area contributed by atoms with Crippen LogP contribution < -0.4 is 10.2 Å². The van der Waals surface area contributed by atoms with Crippen LogP contribution in [0.4, 0.5) is 0 Å². The van der Waals surface area contributed by atoms with Crippen molar-refractivity contribution in [3.8, 4) is 0 Å². The molecule has 0 aliphatic carbocycles. The molecular weight excluding hydrogens is 348 g/mol. The van der Waals surface area contributed by atoms with E-state index in [4.69, 9.17) is 4.42 Å². The second-order valence-electron chi connectivity index (χ2n) is 5.95. The number of rotatable bonds is 2. The lowest BCUT2D eigenvalue weighted by atomic mass is 10.1. The second kappa shape index (κ2) is 6.38. The molecular formula is C20H16N2O3S. The van der Waals surface area contributed by atoms with Gasteiger partial charge in [0.15, 0.2) is 16.0 Å². The molecule has 4 aromatic rings. The minimum absolute atomic E-state index is 0.0538. The predicted octanol–water partition coefficient (Wildman–Crippen LogP) is 3.65. The molecule has 26 heavy (non-hydrogen) atoms. The number of amides is 1. The van der Waals surface area contributed by atoms with E-state index in [0.29, 0.717) is 15.8 Å². The minimum Gasteiger partial charge on any atom is -0.451 e. The van der Waals surface area contributed by atoms with E-state index in [-0.39, 0.29) is 11.2 Å². The number of benzene rings is 2. The van der Waals surface area contributed by atoms with Gasteiger partial charge in [-0.05, 0) is 30.2 Å². The lowest BCUT2D eigenvalue weighted by Gasteiger charge is -2.02. The molecule has 0 aliphatic heterocycles. The quantitative estimate of drug-likeness (QED) is 0.545. The third kappa shape index (κ3) is 2.68. The SMILES string of the molecule is CCc1cccc2sc(=NC(=O)c3cc(=O)c4ccccc4o3)n(C)c12. The van der Waals surface area contributed by atoms with Crippen LogP contribution in [-0.4, -0.2) is 10.5 Å². The Morgan fingerprint density at radius 2 is 2.00 bits per heavy atom. The van der Waals surface area contributed by atoms with E-state index in [2.05, 4.69) is 18.0 Å². The molecule has 0 saturated heterocycles. The molecule has 5 nitrogen and oxygen atoms in total. The maximum absolute atomic E-state index is 12.6. The average Bonchev–Trinajstić information content (AvgIpc) is 2.97. The van der Waals surface area contributed by atoms with E-state index in [1.165, 1.54) is 23.0 Å². The van der Waals surface area contributed by atoms with Gasteiger partial charge in [-0.1, -0.05) is 42.5 Å². The number of thiazole rings is 1. The lowest BCUT2D eigenvalue weighted by Crippen LogP contribution is -2.15.